The number of carbonyl (C=O) groups is 2. The number of halogens is 1. The van der Waals surface area contributed by atoms with Crippen LogP contribution in [0.5, 0.6) is 0 Å². The van der Waals surface area contributed by atoms with Gasteiger partial charge in [0.1, 0.15) is 0 Å². The third kappa shape index (κ3) is 3.77. The molecule has 0 aliphatic carbocycles. The molecule has 2 aromatic carbocycles. The minimum Gasteiger partial charge on any atom is -0.326 e. The van der Waals surface area contributed by atoms with Crippen molar-refractivity contribution in [1.82, 2.24) is 0 Å². The van der Waals surface area contributed by atoms with E-state index in [2.05, 4.69) is 5.32 Å². The van der Waals surface area contributed by atoms with E-state index in [9.17, 15) is 9.59 Å². The van der Waals surface area contributed by atoms with Gasteiger partial charge in [-0.2, -0.15) is 0 Å². The number of fused-ring (bicyclic) bond motifs is 1. The maximum atomic E-state index is 12.2. The number of hydrogen-bond donors (Lipinski definition) is 1. The fourth-order valence-electron chi connectivity index (χ4n) is 2.97. The lowest BCUT2D eigenvalue weighted by molar-refractivity contribution is -0.117. The summed E-state index contributed by atoms with van der Waals surface area (Å²) in [6, 6.07) is 13.0. The van der Waals surface area contributed by atoms with Gasteiger partial charge in [0.05, 0.1) is 6.42 Å². The van der Waals surface area contributed by atoms with Gasteiger partial charge in [-0.25, -0.2) is 0 Å². The predicted octanol–water partition coefficient (Wildman–Crippen LogP) is 3.82. The first-order valence-corrected chi connectivity index (χ1v) is 8.36. The Morgan fingerprint density at radius 1 is 1.17 bits per heavy atom. The molecular formula is C19H19ClN2O2. The number of benzene rings is 2. The Morgan fingerprint density at radius 2 is 1.92 bits per heavy atom. The van der Waals surface area contributed by atoms with Gasteiger partial charge in [0, 0.05) is 29.9 Å². The van der Waals surface area contributed by atoms with Gasteiger partial charge in [0.2, 0.25) is 11.8 Å². The molecule has 1 aliphatic rings. The number of aryl methyl sites for hydroxylation is 1. The Kier molecular flexibility index (Phi) is 4.86. The van der Waals surface area contributed by atoms with E-state index >= 15 is 0 Å². The molecule has 0 atom stereocenters. The lowest BCUT2D eigenvalue weighted by Gasteiger charge is -2.29. The number of anilines is 2. The molecule has 0 fully saturated rings. The van der Waals surface area contributed by atoms with Gasteiger partial charge < -0.3 is 10.2 Å². The van der Waals surface area contributed by atoms with Crippen molar-refractivity contribution in [2.45, 2.75) is 26.2 Å². The first kappa shape index (κ1) is 16.5. The van der Waals surface area contributed by atoms with Crippen molar-refractivity contribution in [2.24, 2.45) is 0 Å². The first-order valence-electron chi connectivity index (χ1n) is 7.98. The average molecular weight is 343 g/mol. The molecule has 3 rings (SSSR count). The predicted molar refractivity (Wildman–Crippen MR) is 96.6 cm³/mol. The summed E-state index contributed by atoms with van der Waals surface area (Å²) in [6.45, 7) is 2.30. The van der Waals surface area contributed by atoms with Gasteiger partial charge in [-0.15, -0.1) is 0 Å². The van der Waals surface area contributed by atoms with Crippen LogP contribution in [0.1, 0.15) is 24.5 Å². The van der Waals surface area contributed by atoms with Crippen molar-refractivity contribution in [3.05, 3.63) is 58.6 Å². The average Bonchev–Trinajstić information content (AvgIpc) is 2.56. The molecule has 0 saturated heterocycles. The zero-order valence-electron chi connectivity index (χ0n) is 13.5. The van der Waals surface area contributed by atoms with Crippen LogP contribution in [0.15, 0.2) is 42.5 Å². The molecule has 4 nitrogen and oxygen atoms in total. The van der Waals surface area contributed by atoms with Gasteiger partial charge in [-0.05, 0) is 48.2 Å². The Morgan fingerprint density at radius 3 is 2.62 bits per heavy atom. The number of amides is 2. The second-order valence-electron chi connectivity index (χ2n) is 5.97. The van der Waals surface area contributed by atoms with E-state index in [1.54, 1.807) is 24.0 Å². The fourth-order valence-corrected chi connectivity index (χ4v) is 3.10. The van der Waals surface area contributed by atoms with Crippen LogP contribution in [0.3, 0.4) is 0 Å². The lowest BCUT2D eigenvalue weighted by atomic mass is 10.0. The summed E-state index contributed by atoms with van der Waals surface area (Å²) < 4.78 is 0. The molecule has 5 heteroatoms. The highest BCUT2D eigenvalue weighted by atomic mass is 35.5. The van der Waals surface area contributed by atoms with Gasteiger partial charge in [-0.3, -0.25) is 9.59 Å². The Labute approximate surface area is 146 Å². The number of nitrogens with zero attached hydrogens (tertiary/aromatic N) is 1. The Balaban J connectivity index is 1.73. The highest BCUT2D eigenvalue weighted by molar-refractivity contribution is 6.30. The minimum atomic E-state index is -0.0949. The van der Waals surface area contributed by atoms with Crippen LogP contribution in [0.25, 0.3) is 0 Å². The largest absolute Gasteiger partial charge is 0.326 e. The summed E-state index contributed by atoms with van der Waals surface area (Å²) in [4.78, 5) is 25.8. The molecule has 124 valence electrons. The van der Waals surface area contributed by atoms with Crippen LogP contribution in [0.4, 0.5) is 11.4 Å². The van der Waals surface area contributed by atoms with Crippen molar-refractivity contribution in [2.75, 3.05) is 16.8 Å². The maximum absolute atomic E-state index is 12.2. The summed E-state index contributed by atoms with van der Waals surface area (Å²) in [5, 5.41) is 3.56. The summed E-state index contributed by atoms with van der Waals surface area (Å²) >= 11 is 5.85. The molecule has 0 unspecified atom stereocenters. The van der Waals surface area contributed by atoms with Crippen molar-refractivity contribution < 1.29 is 9.59 Å². The van der Waals surface area contributed by atoms with E-state index < -0.39 is 0 Å². The third-order valence-corrected chi connectivity index (χ3v) is 4.40. The summed E-state index contributed by atoms with van der Waals surface area (Å²) in [7, 11) is 0. The van der Waals surface area contributed by atoms with Crippen molar-refractivity contribution in [3.63, 3.8) is 0 Å². The maximum Gasteiger partial charge on any atom is 0.228 e. The van der Waals surface area contributed by atoms with E-state index in [1.807, 2.05) is 30.3 Å². The molecule has 0 radical (unpaired) electrons. The number of nitrogens with one attached hydrogen (secondary N) is 1. The van der Waals surface area contributed by atoms with E-state index in [1.165, 1.54) is 0 Å². The highest BCUT2D eigenvalue weighted by Gasteiger charge is 2.20. The van der Waals surface area contributed by atoms with Crippen LogP contribution >= 0.6 is 11.6 Å². The standard InChI is InChI=1S/C19H19ClN2O2/c1-13(23)22-10-2-3-15-6-9-17(12-18(15)22)21-19(24)11-14-4-7-16(20)8-5-14/h4-9,12H,2-3,10-11H2,1H3,(H,21,24). The zero-order chi connectivity index (χ0) is 17.1. The van der Waals surface area contributed by atoms with Crippen LogP contribution in [0, 0.1) is 0 Å². The normalized spacial score (nSPS) is 13.3. The number of carbonyl (C=O) groups excluding carboxylic acids is 2. The van der Waals surface area contributed by atoms with Crippen LogP contribution < -0.4 is 10.2 Å². The molecule has 24 heavy (non-hydrogen) atoms. The SMILES string of the molecule is CC(=O)N1CCCc2ccc(NC(=O)Cc3ccc(Cl)cc3)cc21. The molecule has 0 bridgehead atoms. The highest BCUT2D eigenvalue weighted by Crippen LogP contribution is 2.30. The third-order valence-electron chi connectivity index (χ3n) is 4.15. The van der Waals surface area contributed by atoms with Crippen LogP contribution in [-0.4, -0.2) is 18.4 Å². The summed E-state index contributed by atoms with van der Waals surface area (Å²) in [6.07, 6.45) is 2.21. The summed E-state index contributed by atoms with van der Waals surface area (Å²) in [5.74, 6) is -0.0666. The zero-order valence-corrected chi connectivity index (χ0v) is 14.3. The molecule has 0 spiro atoms. The molecule has 2 aromatic rings. The molecule has 1 N–H and O–H groups in total. The Hall–Kier alpha value is -2.33. The smallest absolute Gasteiger partial charge is 0.228 e. The van der Waals surface area contributed by atoms with Crippen molar-refractivity contribution in [3.8, 4) is 0 Å². The van der Waals surface area contributed by atoms with Gasteiger partial charge in [0.25, 0.3) is 0 Å². The second kappa shape index (κ2) is 7.05. The monoisotopic (exact) mass is 342 g/mol. The lowest BCUT2D eigenvalue weighted by Crippen LogP contribution is -2.33. The van der Waals surface area contributed by atoms with Gasteiger partial charge in [-0.1, -0.05) is 29.8 Å². The van der Waals surface area contributed by atoms with Gasteiger partial charge >= 0.3 is 0 Å². The molecule has 0 saturated carbocycles. The molecule has 1 aliphatic heterocycles. The van der Waals surface area contributed by atoms with E-state index in [0.29, 0.717) is 10.7 Å². The molecule has 2 amide bonds. The minimum absolute atomic E-state index is 0.0283. The number of rotatable bonds is 3. The van der Waals surface area contributed by atoms with E-state index in [0.717, 1.165) is 36.2 Å². The second-order valence-corrected chi connectivity index (χ2v) is 6.41. The van der Waals surface area contributed by atoms with Crippen LogP contribution in [0.2, 0.25) is 5.02 Å². The van der Waals surface area contributed by atoms with Crippen LogP contribution in [-0.2, 0) is 22.4 Å². The number of hydrogen-bond acceptors (Lipinski definition) is 2. The molecular weight excluding hydrogens is 324 g/mol. The first-order chi connectivity index (χ1) is 11.5. The fraction of sp³-hybridized carbons (Fsp3) is 0.263. The van der Waals surface area contributed by atoms with Crippen molar-refractivity contribution >= 4 is 34.8 Å². The molecule has 0 aromatic heterocycles. The molecule has 1 heterocycles. The van der Waals surface area contributed by atoms with Gasteiger partial charge in [0.15, 0.2) is 0 Å². The van der Waals surface area contributed by atoms with Crippen molar-refractivity contribution in [1.29, 1.82) is 0 Å². The summed E-state index contributed by atoms with van der Waals surface area (Å²) in [5.41, 5.74) is 3.66. The topological polar surface area (TPSA) is 49.4 Å². The van der Waals surface area contributed by atoms with E-state index in [-0.39, 0.29) is 18.2 Å². The van der Waals surface area contributed by atoms with E-state index in [4.69, 9.17) is 11.6 Å². The quantitative estimate of drug-likeness (QED) is 0.921. The Bertz CT molecular complexity index is 771.